The molecule has 0 saturated carbocycles. The monoisotopic (exact) mass is 519 g/mol. The highest BCUT2D eigenvalue weighted by atomic mass is 35.5. The second-order valence-electron chi connectivity index (χ2n) is 10.3. The molecule has 1 N–H and O–H groups in total. The largest absolute Gasteiger partial charge is 0.493 e. The summed E-state index contributed by atoms with van der Waals surface area (Å²) in [5, 5.41) is 8.44. The molecule has 5 nitrogen and oxygen atoms in total. The first-order chi connectivity index (χ1) is 17.7. The molecule has 2 aromatic carbocycles. The Hall–Kier alpha value is -3.38. The smallest absolute Gasteiger partial charge is 0.253 e. The van der Waals surface area contributed by atoms with E-state index in [0.29, 0.717) is 23.6 Å². The molecule has 0 fully saturated rings. The number of hydrogen-bond acceptors (Lipinski definition) is 3. The molecule has 1 atom stereocenters. The molecule has 0 bridgehead atoms. The number of carbonyl (C=O) groups excluding carboxylic acids is 1. The van der Waals surface area contributed by atoms with Crippen molar-refractivity contribution >= 4 is 23.0 Å². The second-order valence-corrected chi connectivity index (χ2v) is 10.7. The molecule has 0 unspecified atom stereocenters. The quantitative estimate of drug-likeness (QED) is 0.295. The van der Waals surface area contributed by atoms with Gasteiger partial charge >= 0.3 is 0 Å². The number of ether oxygens (including phenoxy) is 1. The molecule has 2 aromatic heterocycles. The van der Waals surface area contributed by atoms with Crippen LogP contribution >= 0.6 is 11.6 Å². The number of hydrogen-bond donors (Lipinski definition) is 1. The van der Waals surface area contributed by atoms with Crippen LogP contribution in [-0.4, -0.2) is 22.1 Å². The summed E-state index contributed by atoms with van der Waals surface area (Å²) in [5.41, 5.74) is 6.46. The first kappa shape index (κ1) is 25.3. The zero-order valence-electron chi connectivity index (χ0n) is 21.7. The van der Waals surface area contributed by atoms with Crippen LogP contribution in [0.1, 0.15) is 84.9 Å². The van der Waals surface area contributed by atoms with Gasteiger partial charge in [0.15, 0.2) is 0 Å². The van der Waals surface area contributed by atoms with Gasteiger partial charge in [-0.25, -0.2) is 8.91 Å². The normalized spacial score (nSPS) is 15.2. The molecule has 0 radical (unpaired) electrons. The third-order valence-electron chi connectivity index (χ3n) is 7.02. The molecule has 4 aromatic rings. The van der Waals surface area contributed by atoms with Crippen LogP contribution in [0.4, 0.5) is 4.39 Å². The Morgan fingerprint density at radius 1 is 1.11 bits per heavy atom. The molecule has 192 valence electrons. The summed E-state index contributed by atoms with van der Waals surface area (Å²) < 4.78 is 21.9. The van der Waals surface area contributed by atoms with Crippen LogP contribution in [0.15, 0.2) is 48.5 Å². The molecule has 1 amide bonds. The number of rotatable bonds is 5. The SMILES string of the molecule is Cc1nn2c(C(C)C)c(C(=O)N[C@H]3CCOc4ccccc43)ccc2c1-c1c(Cl)cc(F)cc1C(C)C. The van der Waals surface area contributed by atoms with E-state index in [1.165, 1.54) is 6.07 Å². The number of halogens is 2. The molecule has 1 aliphatic heterocycles. The topological polar surface area (TPSA) is 55.6 Å². The zero-order chi connectivity index (χ0) is 26.4. The average Bonchev–Trinajstić information content (AvgIpc) is 3.18. The van der Waals surface area contributed by atoms with E-state index >= 15 is 0 Å². The van der Waals surface area contributed by atoms with E-state index in [1.807, 2.05) is 61.7 Å². The van der Waals surface area contributed by atoms with Gasteiger partial charge in [-0.15, -0.1) is 0 Å². The van der Waals surface area contributed by atoms with Crippen molar-refractivity contribution < 1.29 is 13.9 Å². The lowest BCUT2D eigenvalue weighted by molar-refractivity contribution is 0.0922. The first-order valence-electron chi connectivity index (χ1n) is 12.7. The number of aryl methyl sites for hydroxylation is 1. The summed E-state index contributed by atoms with van der Waals surface area (Å²) in [4.78, 5) is 13.6. The molecule has 0 saturated heterocycles. The summed E-state index contributed by atoms with van der Waals surface area (Å²) in [6, 6.07) is 14.4. The summed E-state index contributed by atoms with van der Waals surface area (Å²) in [6.45, 7) is 10.6. The van der Waals surface area contributed by atoms with Crippen LogP contribution in [0, 0.1) is 12.7 Å². The predicted molar refractivity (Wildman–Crippen MR) is 145 cm³/mol. The van der Waals surface area contributed by atoms with E-state index in [0.717, 1.165) is 44.9 Å². The van der Waals surface area contributed by atoms with Crippen molar-refractivity contribution in [2.24, 2.45) is 0 Å². The highest BCUT2D eigenvalue weighted by Gasteiger charge is 2.27. The molecule has 37 heavy (non-hydrogen) atoms. The van der Waals surface area contributed by atoms with Gasteiger partial charge in [0, 0.05) is 23.1 Å². The summed E-state index contributed by atoms with van der Waals surface area (Å²) in [6.07, 6.45) is 0.702. The Balaban J connectivity index is 1.62. The van der Waals surface area contributed by atoms with Crippen LogP contribution in [0.2, 0.25) is 5.02 Å². The minimum Gasteiger partial charge on any atom is -0.493 e. The van der Waals surface area contributed by atoms with Crippen LogP contribution in [0.25, 0.3) is 16.6 Å². The number of aromatic nitrogens is 2. The predicted octanol–water partition coefficient (Wildman–Crippen LogP) is 7.60. The van der Waals surface area contributed by atoms with Crippen molar-refractivity contribution in [2.75, 3.05) is 6.61 Å². The van der Waals surface area contributed by atoms with Crippen LogP contribution in [-0.2, 0) is 0 Å². The summed E-state index contributed by atoms with van der Waals surface area (Å²) in [7, 11) is 0. The van der Waals surface area contributed by atoms with Gasteiger partial charge < -0.3 is 10.1 Å². The lowest BCUT2D eigenvalue weighted by Crippen LogP contribution is -2.33. The second kappa shape index (κ2) is 9.82. The zero-order valence-corrected chi connectivity index (χ0v) is 22.5. The standard InChI is InChI=1S/C30H31ClFN3O2/c1-16(2)22-14-19(32)15-23(31)28(22)27-18(5)34-35-25(27)11-10-21(29(35)17(3)4)30(36)33-24-12-13-37-26-9-7-6-8-20(24)26/h6-11,14-17,24H,12-13H2,1-5H3,(H,33,36)/t24-/m0/s1. The maximum atomic E-state index is 14.3. The number of pyridine rings is 1. The van der Waals surface area contributed by atoms with E-state index < -0.39 is 0 Å². The molecule has 0 aliphatic carbocycles. The van der Waals surface area contributed by atoms with Gasteiger partial charge in [0.1, 0.15) is 11.6 Å². The highest BCUT2D eigenvalue weighted by molar-refractivity contribution is 6.34. The molecule has 3 heterocycles. The van der Waals surface area contributed by atoms with Crippen LogP contribution in [0.5, 0.6) is 5.75 Å². The maximum absolute atomic E-state index is 14.3. The molecule has 1 aliphatic rings. The lowest BCUT2D eigenvalue weighted by Gasteiger charge is -2.27. The Kier molecular flexibility index (Phi) is 6.71. The number of fused-ring (bicyclic) bond motifs is 2. The number of nitrogens with one attached hydrogen (secondary N) is 1. The van der Waals surface area contributed by atoms with Gasteiger partial charge in [0.2, 0.25) is 0 Å². The van der Waals surface area contributed by atoms with Gasteiger partial charge in [-0.1, -0.05) is 57.5 Å². The number of para-hydroxylation sites is 1. The molecular weight excluding hydrogens is 489 g/mol. The lowest BCUT2D eigenvalue weighted by atomic mass is 9.91. The fraction of sp³-hybridized carbons (Fsp3) is 0.333. The Morgan fingerprint density at radius 3 is 2.59 bits per heavy atom. The van der Waals surface area contributed by atoms with Crippen LogP contribution in [0.3, 0.4) is 0 Å². The minimum absolute atomic E-state index is 0.0202. The fourth-order valence-electron chi connectivity index (χ4n) is 5.34. The van der Waals surface area contributed by atoms with Crippen molar-refractivity contribution in [1.29, 1.82) is 0 Å². The van der Waals surface area contributed by atoms with Crippen molar-refractivity contribution in [2.45, 2.75) is 58.9 Å². The number of amides is 1. The minimum atomic E-state index is -0.358. The van der Waals surface area contributed by atoms with Crippen molar-refractivity contribution in [1.82, 2.24) is 14.9 Å². The number of nitrogens with zero attached hydrogens (tertiary/aromatic N) is 2. The average molecular weight is 520 g/mol. The van der Waals surface area contributed by atoms with E-state index in [-0.39, 0.29) is 29.6 Å². The molecular formula is C30H31ClFN3O2. The summed E-state index contributed by atoms with van der Waals surface area (Å²) >= 11 is 6.62. The third-order valence-corrected chi connectivity index (χ3v) is 7.32. The summed E-state index contributed by atoms with van der Waals surface area (Å²) in [5.74, 6) is 0.386. The Bertz CT molecular complexity index is 1510. The molecule has 7 heteroatoms. The van der Waals surface area contributed by atoms with Crippen molar-refractivity contribution in [3.63, 3.8) is 0 Å². The Labute approximate surface area is 221 Å². The van der Waals surface area contributed by atoms with Crippen molar-refractivity contribution in [3.05, 3.63) is 87.4 Å². The highest BCUT2D eigenvalue weighted by Crippen LogP contribution is 2.41. The van der Waals surface area contributed by atoms with Gasteiger partial charge in [-0.3, -0.25) is 4.79 Å². The number of benzene rings is 2. The molecule has 0 spiro atoms. The van der Waals surface area contributed by atoms with E-state index in [1.54, 1.807) is 6.07 Å². The van der Waals surface area contributed by atoms with E-state index in [2.05, 4.69) is 19.2 Å². The van der Waals surface area contributed by atoms with Crippen molar-refractivity contribution in [3.8, 4) is 16.9 Å². The third kappa shape index (κ3) is 4.48. The fourth-order valence-corrected chi connectivity index (χ4v) is 5.65. The number of carbonyl (C=O) groups is 1. The van der Waals surface area contributed by atoms with Gasteiger partial charge in [-0.05, 0) is 54.7 Å². The van der Waals surface area contributed by atoms with E-state index in [4.69, 9.17) is 21.4 Å². The first-order valence-corrected chi connectivity index (χ1v) is 13.1. The van der Waals surface area contributed by atoms with Gasteiger partial charge in [0.05, 0.1) is 40.1 Å². The van der Waals surface area contributed by atoms with Crippen LogP contribution < -0.4 is 10.1 Å². The maximum Gasteiger partial charge on any atom is 0.253 e. The molecule has 5 rings (SSSR count). The Morgan fingerprint density at radius 2 is 1.86 bits per heavy atom. The van der Waals surface area contributed by atoms with Gasteiger partial charge in [0.25, 0.3) is 5.91 Å². The van der Waals surface area contributed by atoms with E-state index in [9.17, 15) is 9.18 Å². The van der Waals surface area contributed by atoms with Gasteiger partial charge in [-0.2, -0.15) is 5.10 Å².